The number of carbonyl (C=O) groups is 1. The standard InChI is InChI=1S/C16H17NO4/c1-20-14-7-13(8-15(9-14)21-2)17-10-11-4-3-5-12(6-11)16(18)19/h3-9,17H,10H2,1-2H3,(H,18,19). The molecule has 2 aromatic rings. The first-order chi connectivity index (χ1) is 10.1. The lowest BCUT2D eigenvalue weighted by Gasteiger charge is -2.11. The van der Waals surface area contributed by atoms with Gasteiger partial charge in [-0.15, -0.1) is 0 Å². The van der Waals surface area contributed by atoms with E-state index in [0.29, 0.717) is 18.0 Å². The number of aromatic carboxylic acids is 1. The number of anilines is 1. The summed E-state index contributed by atoms with van der Waals surface area (Å²) in [6.45, 7) is 0.511. The Morgan fingerprint density at radius 1 is 1.10 bits per heavy atom. The van der Waals surface area contributed by atoms with Crippen LogP contribution in [0.5, 0.6) is 11.5 Å². The maximum atomic E-state index is 10.9. The maximum absolute atomic E-state index is 10.9. The molecule has 0 unspecified atom stereocenters. The summed E-state index contributed by atoms with van der Waals surface area (Å²) in [5.74, 6) is 0.451. The van der Waals surface area contributed by atoms with Crippen molar-refractivity contribution in [3.05, 3.63) is 53.6 Å². The Morgan fingerprint density at radius 3 is 2.33 bits per heavy atom. The second-order valence-electron chi connectivity index (χ2n) is 4.46. The minimum atomic E-state index is -0.931. The first-order valence-corrected chi connectivity index (χ1v) is 6.41. The quantitative estimate of drug-likeness (QED) is 0.854. The molecule has 0 saturated heterocycles. The number of methoxy groups -OCH3 is 2. The Morgan fingerprint density at radius 2 is 1.76 bits per heavy atom. The molecular weight excluding hydrogens is 270 g/mol. The number of carboxylic acids is 1. The van der Waals surface area contributed by atoms with E-state index in [1.165, 1.54) is 0 Å². The third kappa shape index (κ3) is 3.89. The zero-order valence-corrected chi connectivity index (χ0v) is 11.9. The highest BCUT2D eigenvalue weighted by atomic mass is 16.5. The van der Waals surface area contributed by atoms with Crippen molar-refractivity contribution in [1.82, 2.24) is 0 Å². The zero-order valence-electron chi connectivity index (χ0n) is 11.9. The van der Waals surface area contributed by atoms with Crippen molar-refractivity contribution in [3.8, 4) is 11.5 Å². The van der Waals surface area contributed by atoms with E-state index in [0.717, 1.165) is 11.3 Å². The van der Waals surface area contributed by atoms with Crippen LogP contribution < -0.4 is 14.8 Å². The monoisotopic (exact) mass is 287 g/mol. The third-order valence-electron chi connectivity index (χ3n) is 3.02. The molecule has 5 heteroatoms. The average Bonchev–Trinajstić information content (AvgIpc) is 2.52. The zero-order chi connectivity index (χ0) is 15.2. The summed E-state index contributed by atoms with van der Waals surface area (Å²) in [6, 6.07) is 12.3. The predicted octanol–water partition coefficient (Wildman–Crippen LogP) is 3.01. The van der Waals surface area contributed by atoms with Gasteiger partial charge in [0.05, 0.1) is 19.8 Å². The Kier molecular flexibility index (Phi) is 4.66. The summed E-state index contributed by atoms with van der Waals surface area (Å²) in [4.78, 5) is 10.9. The van der Waals surface area contributed by atoms with Crippen LogP contribution in [0.25, 0.3) is 0 Å². The molecule has 0 fully saturated rings. The Bertz CT molecular complexity index is 618. The molecule has 5 nitrogen and oxygen atoms in total. The van der Waals surface area contributed by atoms with E-state index in [2.05, 4.69) is 5.32 Å². The minimum absolute atomic E-state index is 0.275. The summed E-state index contributed by atoms with van der Waals surface area (Å²) in [5.41, 5.74) is 2.00. The lowest BCUT2D eigenvalue weighted by atomic mass is 10.1. The molecule has 0 radical (unpaired) electrons. The SMILES string of the molecule is COc1cc(NCc2cccc(C(=O)O)c2)cc(OC)c1. The average molecular weight is 287 g/mol. The van der Waals surface area contributed by atoms with Crippen LogP contribution in [0.3, 0.4) is 0 Å². The van der Waals surface area contributed by atoms with Gasteiger partial charge >= 0.3 is 5.97 Å². The fourth-order valence-corrected chi connectivity index (χ4v) is 1.93. The van der Waals surface area contributed by atoms with Gasteiger partial charge in [-0.25, -0.2) is 4.79 Å². The molecule has 110 valence electrons. The van der Waals surface area contributed by atoms with Gasteiger partial charge in [-0.05, 0) is 17.7 Å². The lowest BCUT2D eigenvalue weighted by molar-refractivity contribution is 0.0697. The topological polar surface area (TPSA) is 67.8 Å². The summed E-state index contributed by atoms with van der Waals surface area (Å²) >= 11 is 0. The van der Waals surface area contributed by atoms with E-state index in [4.69, 9.17) is 14.6 Å². The van der Waals surface area contributed by atoms with Crippen LogP contribution >= 0.6 is 0 Å². The molecule has 0 saturated carbocycles. The number of hydrogen-bond donors (Lipinski definition) is 2. The van der Waals surface area contributed by atoms with E-state index >= 15 is 0 Å². The van der Waals surface area contributed by atoms with Crippen LogP contribution in [-0.4, -0.2) is 25.3 Å². The summed E-state index contributed by atoms with van der Waals surface area (Å²) < 4.78 is 10.4. The van der Waals surface area contributed by atoms with Gasteiger partial charge in [-0.2, -0.15) is 0 Å². The van der Waals surface area contributed by atoms with Crippen molar-refractivity contribution in [2.75, 3.05) is 19.5 Å². The fourth-order valence-electron chi connectivity index (χ4n) is 1.93. The molecule has 0 aromatic heterocycles. The van der Waals surface area contributed by atoms with Gasteiger partial charge in [0.25, 0.3) is 0 Å². The molecule has 21 heavy (non-hydrogen) atoms. The first kappa shape index (κ1) is 14.7. The highest BCUT2D eigenvalue weighted by molar-refractivity contribution is 5.87. The van der Waals surface area contributed by atoms with Crippen molar-refractivity contribution >= 4 is 11.7 Å². The van der Waals surface area contributed by atoms with Crippen molar-refractivity contribution in [1.29, 1.82) is 0 Å². The molecule has 0 heterocycles. The van der Waals surface area contributed by atoms with Crippen molar-refractivity contribution in [2.45, 2.75) is 6.54 Å². The molecule has 2 aromatic carbocycles. The number of nitrogens with one attached hydrogen (secondary N) is 1. The minimum Gasteiger partial charge on any atom is -0.497 e. The third-order valence-corrected chi connectivity index (χ3v) is 3.02. The van der Waals surface area contributed by atoms with Gasteiger partial charge in [0, 0.05) is 30.4 Å². The molecule has 2 N–H and O–H groups in total. The van der Waals surface area contributed by atoms with Crippen molar-refractivity contribution in [2.24, 2.45) is 0 Å². The number of hydrogen-bond acceptors (Lipinski definition) is 4. The number of carboxylic acid groups (broad SMARTS) is 1. The molecule has 0 spiro atoms. The summed E-state index contributed by atoms with van der Waals surface area (Å²) in [5, 5.41) is 12.2. The Labute approximate surface area is 123 Å². The van der Waals surface area contributed by atoms with Crippen molar-refractivity contribution in [3.63, 3.8) is 0 Å². The molecule has 0 bridgehead atoms. The molecule has 0 aliphatic carbocycles. The summed E-state index contributed by atoms with van der Waals surface area (Å²) in [6.07, 6.45) is 0. The summed E-state index contributed by atoms with van der Waals surface area (Å²) in [7, 11) is 3.18. The molecular formula is C16H17NO4. The number of ether oxygens (including phenoxy) is 2. The smallest absolute Gasteiger partial charge is 0.335 e. The first-order valence-electron chi connectivity index (χ1n) is 6.41. The normalized spacial score (nSPS) is 10.0. The number of benzene rings is 2. The number of rotatable bonds is 6. The van der Waals surface area contributed by atoms with Crippen LogP contribution in [0, 0.1) is 0 Å². The van der Waals surface area contributed by atoms with Crippen LogP contribution in [0.15, 0.2) is 42.5 Å². The van der Waals surface area contributed by atoms with Gasteiger partial charge < -0.3 is 19.9 Å². The van der Waals surface area contributed by atoms with E-state index in [1.54, 1.807) is 38.5 Å². The molecule has 0 aliphatic rings. The van der Waals surface area contributed by atoms with E-state index in [9.17, 15) is 4.79 Å². The Hall–Kier alpha value is -2.69. The van der Waals surface area contributed by atoms with Crippen LogP contribution in [0.1, 0.15) is 15.9 Å². The van der Waals surface area contributed by atoms with Gasteiger partial charge in [0.1, 0.15) is 11.5 Å². The molecule has 0 aliphatic heterocycles. The molecule has 0 amide bonds. The van der Waals surface area contributed by atoms with Gasteiger partial charge in [-0.1, -0.05) is 12.1 Å². The van der Waals surface area contributed by atoms with Crippen molar-refractivity contribution < 1.29 is 19.4 Å². The van der Waals surface area contributed by atoms with Gasteiger partial charge in [0.15, 0.2) is 0 Å². The lowest BCUT2D eigenvalue weighted by Crippen LogP contribution is -2.02. The maximum Gasteiger partial charge on any atom is 0.335 e. The molecule has 0 atom stereocenters. The van der Waals surface area contributed by atoms with E-state index in [-0.39, 0.29) is 5.56 Å². The second-order valence-corrected chi connectivity index (χ2v) is 4.46. The van der Waals surface area contributed by atoms with E-state index in [1.807, 2.05) is 18.2 Å². The predicted molar refractivity (Wildman–Crippen MR) is 80.3 cm³/mol. The van der Waals surface area contributed by atoms with Crippen LogP contribution in [-0.2, 0) is 6.54 Å². The van der Waals surface area contributed by atoms with Gasteiger partial charge in [0.2, 0.25) is 0 Å². The highest BCUT2D eigenvalue weighted by Crippen LogP contribution is 2.26. The van der Waals surface area contributed by atoms with Crippen LogP contribution in [0.2, 0.25) is 0 Å². The second kappa shape index (κ2) is 6.65. The van der Waals surface area contributed by atoms with E-state index < -0.39 is 5.97 Å². The fraction of sp³-hybridized carbons (Fsp3) is 0.188. The Balaban J connectivity index is 2.12. The largest absolute Gasteiger partial charge is 0.497 e. The highest BCUT2D eigenvalue weighted by Gasteiger charge is 2.04. The molecule has 2 rings (SSSR count). The van der Waals surface area contributed by atoms with Crippen LogP contribution in [0.4, 0.5) is 5.69 Å². The van der Waals surface area contributed by atoms with Gasteiger partial charge in [-0.3, -0.25) is 0 Å².